The van der Waals surface area contributed by atoms with Crippen LogP contribution in [0.15, 0.2) is 29.1 Å². The van der Waals surface area contributed by atoms with Gasteiger partial charge in [0.25, 0.3) is 5.56 Å². The van der Waals surface area contributed by atoms with Crippen LogP contribution in [0.2, 0.25) is 0 Å². The molecule has 1 aliphatic rings. The number of thiophene rings is 1. The van der Waals surface area contributed by atoms with Crippen molar-refractivity contribution in [1.29, 1.82) is 0 Å². The van der Waals surface area contributed by atoms with Gasteiger partial charge in [-0.15, -0.1) is 11.3 Å². The number of anilines is 1. The molecule has 0 saturated heterocycles. The number of aryl methyl sites for hydroxylation is 3. The molecule has 0 bridgehead atoms. The lowest BCUT2D eigenvalue weighted by Crippen LogP contribution is -2.16. The quantitative estimate of drug-likeness (QED) is 0.642. The molecular formula is C22H25N3O2S. The van der Waals surface area contributed by atoms with Crippen molar-refractivity contribution in [3.63, 3.8) is 0 Å². The Morgan fingerprint density at radius 3 is 2.82 bits per heavy atom. The van der Waals surface area contributed by atoms with Gasteiger partial charge in [-0.25, -0.2) is 4.98 Å². The van der Waals surface area contributed by atoms with E-state index in [1.807, 2.05) is 12.1 Å². The van der Waals surface area contributed by atoms with E-state index >= 15 is 0 Å². The van der Waals surface area contributed by atoms with Gasteiger partial charge in [0.15, 0.2) is 0 Å². The second-order valence-corrected chi connectivity index (χ2v) is 8.61. The van der Waals surface area contributed by atoms with Crippen LogP contribution < -0.4 is 10.9 Å². The van der Waals surface area contributed by atoms with Crippen molar-refractivity contribution < 1.29 is 4.79 Å². The molecule has 0 fully saturated rings. The number of benzene rings is 1. The average Bonchev–Trinajstić information content (AvgIpc) is 3.27. The number of carbonyl (C=O) groups excluding carboxylic acids is 1. The van der Waals surface area contributed by atoms with Crippen LogP contribution in [0.3, 0.4) is 0 Å². The highest BCUT2D eigenvalue weighted by Crippen LogP contribution is 2.34. The number of nitrogens with zero attached hydrogens (tertiary/aromatic N) is 1. The molecule has 5 nitrogen and oxygen atoms in total. The molecule has 0 aliphatic heterocycles. The molecule has 2 N–H and O–H groups in total. The number of amides is 1. The molecule has 4 rings (SSSR count). The van der Waals surface area contributed by atoms with Crippen molar-refractivity contribution in [2.75, 3.05) is 5.32 Å². The van der Waals surface area contributed by atoms with Gasteiger partial charge in [0.1, 0.15) is 10.7 Å². The predicted molar refractivity (Wildman–Crippen MR) is 114 cm³/mol. The number of fused-ring (bicyclic) bond motifs is 3. The van der Waals surface area contributed by atoms with Gasteiger partial charge in [0, 0.05) is 23.4 Å². The maximum absolute atomic E-state index is 12.5. The molecule has 2 heterocycles. The first-order valence-corrected chi connectivity index (χ1v) is 10.8. The summed E-state index contributed by atoms with van der Waals surface area (Å²) in [5.74, 6) is 1.02. The monoisotopic (exact) mass is 395 g/mol. The molecule has 0 saturated carbocycles. The maximum Gasteiger partial charge on any atom is 0.259 e. The van der Waals surface area contributed by atoms with Crippen LogP contribution >= 0.6 is 11.3 Å². The molecule has 146 valence electrons. The lowest BCUT2D eigenvalue weighted by Gasteiger charge is -2.10. The summed E-state index contributed by atoms with van der Waals surface area (Å²) < 4.78 is 0. The Hall–Kier alpha value is -2.47. The second kappa shape index (κ2) is 7.87. The summed E-state index contributed by atoms with van der Waals surface area (Å²) in [6.45, 7) is 4.36. The summed E-state index contributed by atoms with van der Waals surface area (Å²) >= 11 is 1.63. The third-order valence-electron chi connectivity index (χ3n) is 5.59. The SMILES string of the molecule is CC[C@@H](C)c1ccc(NC(=O)CCc2nc3sc4c(c3c(=O)[nH]2)CCC4)cc1. The number of rotatable bonds is 6. The molecule has 6 heteroatoms. The maximum atomic E-state index is 12.5. The summed E-state index contributed by atoms with van der Waals surface area (Å²) in [4.78, 5) is 34.4. The lowest BCUT2D eigenvalue weighted by molar-refractivity contribution is -0.116. The Kier molecular flexibility index (Phi) is 5.31. The highest BCUT2D eigenvalue weighted by Gasteiger charge is 2.21. The fourth-order valence-electron chi connectivity index (χ4n) is 3.75. The zero-order valence-corrected chi connectivity index (χ0v) is 17.1. The van der Waals surface area contributed by atoms with E-state index in [2.05, 4.69) is 41.3 Å². The van der Waals surface area contributed by atoms with Crippen molar-refractivity contribution in [2.45, 2.75) is 58.3 Å². The fraction of sp³-hybridized carbons (Fsp3) is 0.409. The summed E-state index contributed by atoms with van der Waals surface area (Å²) in [5, 5.41) is 3.68. The van der Waals surface area contributed by atoms with Gasteiger partial charge in [-0.1, -0.05) is 26.0 Å². The number of nitrogens with one attached hydrogen (secondary N) is 2. The molecule has 0 unspecified atom stereocenters. The second-order valence-electron chi connectivity index (χ2n) is 7.53. The number of H-pyrrole nitrogens is 1. The van der Waals surface area contributed by atoms with Crippen LogP contribution in [0.25, 0.3) is 10.2 Å². The van der Waals surface area contributed by atoms with Crippen molar-refractivity contribution in [2.24, 2.45) is 0 Å². The molecule has 2 aromatic heterocycles. The Balaban J connectivity index is 1.40. The van der Waals surface area contributed by atoms with E-state index in [0.717, 1.165) is 41.6 Å². The normalized spacial score (nSPS) is 14.2. The van der Waals surface area contributed by atoms with E-state index in [0.29, 0.717) is 18.2 Å². The van der Waals surface area contributed by atoms with Crippen LogP contribution in [-0.4, -0.2) is 15.9 Å². The smallest absolute Gasteiger partial charge is 0.259 e. The van der Waals surface area contributed by atoms with Gasteiger partial charge >= 0.3 is 0 Å². The molecule has 0 radical (unpaired) electrons. The molecule has 1 amide bonds. The average molecular weight is 396 g/mol. The van der Waals surface area contributed by atoms with Crippen LogP contribution in [0.4, 0.5) is 5.69 Å². The first-order chi connectivity index (χ1) is 13.5. The first kappa shape index (κ1) is 18.9. The number of aromatic amines is 1. The van der Waals surface area contributed by atoms with Gasteiger partial charge in [0.2, 0.25) is 5.91 Å². The Morgan fingerprint density at radius 2 is 2.07 bits per heavy atom. The summed E-state index contributed by atoms with van der Waals surface area (Å²) in [5.41, 5.74) is 3.18. The third-order valence-corrected chi connectivity index (χ3v) is 6.77. The zero-order valence-electron chi connectivity index (χ0n) is 16.3. The topological polar surface area (TPSA) is 74.8 Å². The summed E-state index contributed by atoms with van der Waals surface area (Å²) in [7, 11) is 0. The van der Waals surface area contributed by atoms with E-state index in [-0.39, 0.29) is 17.9 Å². The van der Waals surface area contributed by atoms with E-state index < -0.39 is 0 Å². The predicted octanol–water partition coefficient (Wildman–Crippen LogP) is 4.56. The standard InChI is InChI=1S/C22H25N3O2S/c1-3-13(2)14-7-9-15(10-8-14)23-19(26)12-11-18-24-21(27)20-16-5-4-6-17(16)28-22(20)25-18/h7-10,13H,3-6,11-12H2,1-2H3,(H,23,26)(H,24,25,27)/t13-/m1/s1. The van der Waals surface area contributed by atoms with Crippen molar-refractivity contribution in [3.05, 3.63) is 56.4 Å². The molecular weight excluding hydrogens is 370 g/mol. The first-order valence-electron chi connectivity index (χ1n) is 9.98. The van der Waals surface area contributed by atoms with Crippen molar-refractivity contribution in [3.8, 4) is 0 Å². The van der Waals surface area contributed by atoms with Gasteiger partial charge in [-0.2, -0.15) is 0 Å². The highest BCUT2D eigenvalue weighted by molar-refractivity contribution is 7.18. The molecule has 1 aliphatic carbocycles. The number of hydrogen-bond acceptors (Lipinski definition) is 4. The van der Waals surface area contributed by atoms with Crippen LogP contribution in [0.1, 0.15) is 60.9 Å². The largest absolute Gasteiger partial charge is 0.326 e. The van der Waals surface area contributed by atoms with Gasteiger partial charge in [0.05, 0.1) is 5.39 Å². The van der Waals surface area contributed by atoms with Crippen molar-refractivity contribution in [1.82, 2.24) is 9.97 Å². The van der Waals surface area contributed by atoms with E-state index in [1.54, 1.807) is 11.3 Å². The molecule has 1 atom stereocenters. The number of hydrogen-bond donors (Lipinski definition) is 2. The minimum atomic E-state index is -0.0762. The van der Waals surface area contributed by atoms with Crippen molar-refractivity contribution >= 4 is 33.1 Å². The summed E-state index contributed by atoms with van der Waals surface area (Å²) in [6.07, 6.45) is 4.93. The number of carbonyl (C=O) groups is 1. The summed E-state index contributed by atoms with van der Waals surface area (Å²) in [6, 6.07) is 8.01. The van der Waals surface area contributed by atoms with Gasteiger partial charge < -0.3 is 10.3 Å². The molecule has 1 aromatic carbocycles. The molecule has 0 spiro atoms. The third kappa shape index (κ3) is 3.74. The Labute approximate surface area is 168 Å². The minimum absolute atomic E-state index is 0.0690. The number of aromatic nitrogens is 2. The van der Waals surface area contributed by atoms with Crippen LogP contribution in [0, 0.1) is 0 Å². The van der Waals surface area contributed by atoms with Crippen LogP contribution in [-0.2, 0) is 24.1 Å². The minimum Gasteiger partial charge on any atom is -0.326 e. The Bertz CT molecular complexity index is 1070. The van der Waals surface area contributed by atoms with Gasteiger partial charge in [-0.3, -0.25) is 9.59 Å². The zero-order chi connectivity index (χ0) is 19.7. The highest BCUT2D eigenvalue weighted by atomic mass is 32.1. The lowest BCUT2D eigenvalue weighted by atomic mass is 9.99. The molecule has 3 aromatic rings. The van der Waals surface area contributed by atoms with Crippen LogP contribution in [0.5, 0.6) is 0 Å². The Morgan fingerprint density at radius 1 is 1.29 bits per heavy atom. The van der Waals surface area contributed by atoms with E-state index in [4.69, 9.17) is 0 Å². The van der Waals surface area contributed by atoms with E-state index in [9.17, 15) is 9.59 Å². The van der Waals surface area contributed by atoms with Gasteiger partial charge in [-0.05, 0) is 54.9 Å². The van der Waals surface area contributed by atoms with E-state index in [1.165, 1.54) is 16.0 Å². The molecule has 28 heavy (non-hydrogen) atoms. The fourth-order valence-corrected chi connectivity index (χ4v) is 5.03.